The zero-order valence-electron chi connectivity index (χ0n) is 12.1. The van der Waals surface area contributed by atoms with Crippen LogP contribution < -0.4 is 10.5 Å². The lowest BCUT2D eigenvalue weighted by Crippen LogP contribution is -2.34. The molecule has 0 aromatic heterocycles. The van der Waals surface area contributed by atoms with E-state index in [1.807, 2.05) is 6.07 Å². The van der Waals surface area contributed by atoms with Crippen LogP contribution in [0.4, 0.5) is 0 Å². The van der Waals surface area contributed by atoms with E-state index in [2.05, 4.69) is 48.5 Å². The van der Waals surface area contributed by atoms with E-state index in [-0.39, 0.29) is 6.04 Å². The molecule has 4 atom stereocenters. The molecule has 0 amide bonds. The first kappa shape index (κ1) is 12.9. The summed E-state index contributed by atoms with van der Waals surface area (Å²) < 4.78 is 5.76. The third-order valence-electron chi connectivity index (χ3n) is 5.03. The smallest absolute Gasteiger partial charge is 0.122 e. The van der Waals surface area contributed by atoms with E-state index in [4.69, 9.17) is 10.5 Å². The van der Waals surface area contributed by atoms with Crippen LogP contribution in [0.5, 0.6) is 5.75 Å². The molecule has 1 heterocycles. The molecule has 2 heteroatoms. The normalized spacial score (nSPS) is 28.3. The Morgan fingerprint density at radius 2 is 1.76 bits per heavy atom. The van der Waals surface area contributed by atoms with Crippen LogP contribution in [0.1, 0.15) is 35.8 Å². The number of benzene rings is 2. The second kappa shape index (κ2) is 5.19. The van der Waals surface area contributed by atoms with Crippen molar-refractivity contribution in [1.82, 2.24) is 0 Å². The third-order valence-corrected chi connectivity index (χ3v) is 5.03. The van der Waals surface area contributed by atoms with E-state index in [1.54, 1.807) is 0 Å². The van der Waals surface area contributed by atoms with Gasteiger partial charge in [-0.2, -0.15) is 0 Å². The van der Waals surface area contributed by atoms with E-state index in [0.29, 0.717) is 17.8 Å². The van der Waals surface area contributed by atoms with Crippen LogP contribution in [-0.2, 0) is 0 Å². The highest BCUT2D eigenvalue weighted by Crippen LogP contribution is 2.52. The standard InChI is InChI=1S/C19H21NO/c20-19(17-12-16(17)13-6-2-1-3-7-13)15-10-11-21-18-9-5-4-8-14(15)18/h1-9,15-17,19H,10-12,20H2. The van der Waals surface area contributed by atoms with Crippen molar-refractivity contribution in [2.75, 3.05) is 6.61 Å². The lowest BCUT2D eigenvalue weighted by atomic mass is 9.84. The summed E-state index contributed by atoms with van der Waals surface area (Å²) in [6, 6.07) is 19.4. The minimum Gasteiger partial charge on any atom is -0.493 e. The number of hydrogen-bond donors (Lipinski definition) is 1. The third kappa shape index (κ3) is 2.34. The van der Waals surface area contributed by atoms with E-state index in [9.17, 15) is 0 Å². The zero-order valence-corrected chi connectivity index (χ0v) is 12.1. The summed E-state index contributed by atoms with van der Waals surface area (Å²) >= 11 is 0. The number of nitrogens with two attached hydrogens (primary N) is 1. The molecule has 2 nitrogen and oxygen atoms in total. The summed E-state index contributed by atoms with van der Waals surface area (Å²) in [6.45, 7) is 0.790. The molecule has 4 rings (SSSR count). The van der Waals surface area contributed by atoms with Crippen LogP contribution in [0.15, 0.2) is 54.6 Å². The van der Waals surface area contributed by atoms with Gasteiger partial charge in [0.1, 0.15) is 5.75 Å². The van der Waals surface area contributed by atoms with Gasteiger partial charge >= 0.3 is 0 Å². The van der Waals surface area contributed by atoms with Crippen molar-refractivity contribution in [2.24, 2.45) is 11.7 Å². The molecule has 1 aliphatic heterocycles. The number of hydrogen-bond acceptors (Lipinski definition) is 2. The Labute approximate surface area is 125 Å². The molecule has 1 saturated carbocycles. The van der Waals surface area contributed by atoms with Crippen LogP contribution in [-0.4, -0.2) is 12.6 Å². The largest absolute Gasteiger partial charge is 0.493 e. The van der Waals surface area contributed by atoms with Crippen molar-refractivity contribution in [2.45, 2.75) is 30.7 Å². The van der Waals surface area contributed by atoms with Crippen LogP contribution in [0.25, 0.3) is 0 Å². The quantitative estimate of drug-likeness (QED) is 0.930. The highest BCUT2D eigenvalue weighted by Gasteiger charge is 2.45. The molecular formula is C19H21NO. The molecule has 1 aliphatic carbocycles. The van der Waals surface area contributed by atoms with E-state index in [0.717, 1.165) is 18.8 Å². The summed E-state index contributed by atoms with van der Waals surface area (Å²) in [6.07, 6.45) is 2.26. The van der Waals surface area contributed by atoms with Crippen molar-refractivity contribution in [3.8, 4) is 5.75 Å². The van der Waals surface area contributed by atoms with Crippen molar-refractivity contribution in [1.29, 1.82) is 0 Å². The molecule has 1 fully saturated rings. The monoisotopic (exact) mass is 279 g/mol. The summed E-state index contributed by atoms with van der Waals surface area (Å²) in [5.74, 6) is 2.73. The van der Waals surface area contributed by atoms with Crippen LogP contribution >= 0.6 is 0 Å². The Morgan fingerprint density at radius 3 is 2.62 bits per heavy atom. The molecule has 0 bridgehead atoms. The highest BCUT2D eigenvalue weighted by molar-refractivity contribution is 5.39. The second-order valence-electron chi connectivity index (χ2n) is 6.28. The van der Waals surface area contributed by atoms with Gasteiger partial charge in [0.15, 0.2) is 0 Å². The summed E-state index contributed by atoms with van der Waals surface area (Å²) in [5, 5.41) is 0. The van der Waals surface area contributed by atoms with Gasteiger partial charge in [0.2, 0.25) is 0 Å². The summed E-state index contributed by atoms with van der Waals surface area (Å²) in [7, 11) is 0. The predicted molar refractivity (Wildman–Crippen MR) is 84.6 cm³/mol. The Kier molecular flexibility index (Phi) is 3.19. The van der Waals surface area contributed by atoms with Crippen molar-refractivity contribution in [3.05, 3.63) is 65.7 Å². The average Bonchev–Trinajstić information content (AvgIpc) is 3.35. The number of rotatable bonds is 3. The molecule has 108 valence electrons. The lowest BCUT2D eigenvalue weighted by Gasteiger charge is -2.30. The van der Waals surface area contributed by atoms with Crippen molar-refractivity contribution >= 4 is 0 Å². The SMILES string of the molecule is NC(C1CCOc2ccccc21)C1CC1c1ccccc1. The Morgan fingerprint density at radius 1 is 1.00 bits per heavy atom. The number of ether oxygens (including phenoxy) is 1. The maximum absolute atomic E-state index is 6.64. The highest BCUT2D eigenvalue weighted by atomic mass is 16.5. The van der Waals surface area contributed by atoms with Gasteiger partial charge in [-0.1, -0.05) is 48.5 Å². The fourth-order valence-corrected chi connectivity index (χ4v) is 3.79. The molecule has 21 heavy (non-hydrogen) atoms. The summed E-state index contributed by atoms with van der Waals surface area (Å²) in [5.41, 5.74) is 9.38. The number of fused-ring (bicyclic) bond motifs is 1. The van der Waals surface area contributed by atoms with E-state index in [1.165, 1.54) is 17.5 Å². The fourth-order valence-electron chi connectivity index (χ4n) is 3.79. The first-order valence-electron chi connectivity index (χ1n) is 7.87. The van der Waals surface area contributed by atoms with Gasteiger partial charge in [-0.15, -0.1) is 0 Å². The van der Waals surface area contributed by atoms with Crippen molar-refractivity contribution < 1.29 is 4.74 Å². The molecule has 2 N–H and O–H groups in total. The molecule has 0 radical (unpaired) electrons. The molecule has 2 aromatic carbocycles. The van der Waals surface area contributed by atoms with Gasteiger partial charge in [0.25, 0.3) is 0 Å². The lowest BCUT2D eigenvalue weighted by molar-refractivity contribution is 0.249. The minimum absolute atomic E-state index is 0.236. The predicted octanol–water partition coefficient (Wildman–Crippen LogP) is 3.68. The minimum atomic E-state index is 0.236. The van der Waals surface area contributed by atoms with Gasteiger partial charge in [0, 0.05) is 12.0 Å². The van der Waals surface area contributed by atoms with Crippen LogP contribution in [0, 0.1) is 5.92 Å². The van der Waals surface area contributed by atoms with Crippen LogP contribution in [0.3, 0.4) is 0 Å². The second-order valence-corrected chi connectivity index (χ2v) is 6.28. The summed E-state index contributed by atoms with van der Waals surface area (Å²) in [4.78, 5) is 0. The first-order valence-corrected chi connectivity index (χ1v) is 7.87. The van der Waals surface area contributed by atoms with Gasteiger partial charge in [-0.3, -0.25) is 0 Å². The maximum atomic E-state index is 6.64. The Hall–Kier alpha value is -1.80. The zero-order chi connectivity index (χ0) is 14.2. The van der Waals surface area contributed by atoms with E-state index < -0.39 is 0 Å². The number of para-hydroxylation sites is 1. The molecular weight excluding hydrogens is 258 g/mol. The average molecular weight is 279 g/mol. The van der Waals surface area contributed by atoms with Gasteiger partial charge in [0.05, 0.1) is 6.61 Å². The molecule has 0 spiro atoms. The van der Waals surface area contributed by atoms with Crippen molar-refractivity contribution in [3.63, 3.8) is 0 Å². The molecule has 0 saturated heterocycles. The Balaban J connectivity index is 1.54. The topological polar surface area (TPSA) is 35.2 Å². The fraction of sp³-hybridized carbons (Fsp3) is 0.368. The van der Waals surface area contributed by atoms with Gasteiger partial charge in [-0.05, 0) is 41.9 Å². The molecule has 2 aliphatic rings. The maximum Gasteiger partial charge on any atom is 0.122 e. The molecule has 2 aromatic rings. The Bertz CT molecular complexity index is 624. The van der Waals surface area contributed by atoms with E-state index >= 15 is 0 Å². The molecule has 4 unspecified atom stereocenters. The van der Waals surface area contributed by atoms with Gasteiger partial charge in [-0.25, -0.2) is 0 Å². The van der Waals surface area contributed by atoms with Gasteiger partial charge < -0.3 is 10.5 Å². The van der Waals surface area contributed by atoms with Crippen LogP contribution in [0.2, 0.25) is 0 Å². The first-order chi connectivity index (χ1) is 10.3.